The molecule has 0 saturated heterocycles. The molecule has 0 N–H and O–H groups in total. The van der Waals surface area contributed by atoms with Gasteiger partial charge in [-0.3, -0.25) is 9.69 Å². The standard InChI is InChI=1S/C22H20ClFN4O2S/c1-3-4-11-31-22-25-20-19(26-27-22)16-12-14(23)9-10-18(16)28(13(2)29)21(30-20)15-7-5-6-8-17(15)24/h5-10,12,21H,3-4,11H2,1-2H3/t21-/m1/s1. The van der Waals surface area contributed by atoms with Crippen LogP contribution >= 0.6 is 23.4 Å². The summed E-state index contributed by atoms with van der Waals surface area (Å²) in [4.78, 5) is 18.6. The number of rotatable bonds is 5. The van der Waals surface area contributed by atoms with Crippen molar-refractivity contribution in [3.8, 4) is 17.1 Å². The Kier molecular flexibility index (Phi) is 6.38. The number of carbonyl (C=O) groups is 1. The van der Waals surface area contributed by atoms with Gasteiger partial charge in [0.15, 0.2) is 5.69 Å². The largest absolute Gasteiger partial charge is 0.447 e. The summed E-state index contributed by atoms with van der Waals surface area (Å²) >= 11 is 7.71. The third-order valence-electron chi connectivity index (χ3n) is 4.81. The first kappa shape index (κ1) is 21.5. The second-order valence-corrected chi connectivity index (χ2v) is 8.49. The van der Waals surface area contributed by atoms with Gasteiger partial charge in [-0.15, -0.1) is 10.2 Å². The van der Waals surface area contributed by atoms with Crippen molar-refractivity contribution in [1.29, 1.82) is 0 Å². The molecule has 4 rings (SSSR count). The van der Waals surface area contributed by atoms with Crippen molar-refractivity contribution in [1.82, 2.24) is 15.2 Å². The fraction of sp³-hybridized carbons (Fsp3) is 0.273. The molecule has 0 spiro atoms. The molecular formula is C22H20ClFN4O2S. The van der Waals surface area contributed by atoms with Crippen molar-refractivity contribution < 1.29 is 13.9 Å². The highest BCUT2D eigenvalue weighted by atomic mass is 35.5. The molecule has 1 amide bonds. The lowest BCUT2D eigenvalue weighted by Crippen LogP contribution is -2.36. The molecule has 0 radical (unpaired) electrons. The van der Waals surface area contributed by atoms with E-state index in [1.165, 1.54) is 29.7 Å². The Morgan fingerprint density at radius 3 is 2.81 bits per heavy atom. The van der Waals surface area contributed by atoms with Crippen molar-refractivity contribution in [2.24, 2.45) is 0 Å². The number of benzene rings is 2. The van der Waals surface area contributed by atoms with Gasteiger partial charge in [-0.2, -0.15) is 4.98 Å². The zero-order valence-corrected chi connectivity index (χ0v) is 18.6. The summed E-state index contributed by atoms with van der Waals surface area (Å²) in [7, 11) is 0. The molecule has 6 nitrogen and oxygen atoms in total. The maximum atomic E-state index is 14.8. The first-order chi connectivity index (χ1) is 15.0. The molecule has 2 heterocycles. The van der Waals surface area contributed by atoms with E-state index in [4.69, 9.17) is 16.3 Å². The molecule has 0 aliphatic carbocycles. The number of amides is 1. The lowest BCUT2D eigenvalue weighted by Gasteiger charge is -2.30. The van der Waals surface area contributed by atoms with Gasteiger partial charge in [0.2, 0.25) is 23.2 Å². The van der Waals surface area contributed by atoms with Crippen LogP contribution in [0.1, 0.15) is 38.5 Å². The molecule has 3 aromatic rings. The second kappa shape index (κ2) is 9.20. The number of carbonyl (C=O) groups excluding carboxylic acids is 1. The average molecular weight is 459 g/mol. The summed E-state index contributed by atoms with van der Waals surface area (Å²) in [5.41, 5.74) is 1.60. The van der Waals surface area contributed by atoms with Crippen LogP contribution in [-0.4, -0.2) is 26.8 Å². The number of unbranched alkanes of at least 4 members (excludes halogenated alkanes) is 1. The lowest BCUT2D eigenvalue weighted by atomic mass is 10.1. The van der Waals surface area contributed by atoms with Gasteiger partial charge in [0.05, 0.1) is 5.69 Å². The number of fused-ring (bicyclic) bond motifs is 3. The number of halogens is 2. The molecule has 0 bridgehead atoms. The number of aromatic nitrogens is 3. The van der Waals surface area contributed by atoms with Crippen molar-refractivity contribution in [3.63, 3.8) is 0 Å². The van der Waals surface area contributed by atoms with E-state index in [0.717, 1.165) is 18.6 Å². The van der Waals surface area contributed by atoms with Gasteiger partial charge in [-0.05, 0) is 30.7 Å². The Labute approximate surface area is 188 Å². The minimum Gasteiger partial charge on any atom is -0.447 e. The number of ether oxygens (including phenoxy) is 1. The van der Waals surface area contributed by atoms with Crippen LogP contribution in [0.25, 0.3) is 11.3 Å². The molecular weight excluding hydrogens is 439 g/mol. The zero-order valence-electron chi connectivity index (χ0n) is 17.0. The molecule has 1 atom stereocenters. The Bertz CT molecular complexity index is 1130. The van der Waals surface area contributed by atoms with E-state index >= 15 is 0 Å². The highest BCUT2D eigenvalue weighted by Crippen LogP contribution is 2.44. The Balaban J connectivity index is 1.90. The van der Waals surface area contributed by atoms with Crippen LogP contribution in [0.3, 0.4) is 0 Å². The molecule has 31 heavy (non-hydrogen) atoms. The van der Waals surface area contributed by atoms with Crippen LogP contribution in [-0.2, 0) is 4.79 Å². The maximum Gasteiger partial charge on any atom is 0.247 e. The molecule has 1 aliphatic rings. The monoisotopic (exact) mass is 458 g/mol. The van der Waals surface area contributed by atoms with Gasteiger partial charge in [-0.25, -0.2) is 4.39 Å². The summed E-state index contributed by atoms with van der Waals surface area (Å²) in [5.74, 6) is 0.206. The normalized spacial score (nSPS) is 15.0. The first-order valence-electron chi connectivity index (χ1n) is 9.88. The zero-order chi connectivity index (χ0) is 22.0. The number of nitrogens with zero attached hydrogens (tertiary/aromatic N) is 4. The number of anilines is 1. The molecule has 0 unspecified atom stereocenters. The Morgan fingerprint density at radius 2 is 2.06 bits per heavy atom. The Morgan fingerprint density at radius 1 is 1.26 bits per heavy atom. The van der Waals surface area contributed by atoms with Crippen LogP contribution in [0.4, 0.5) is 10.1 Å². The van der Waals surface area contributed by atoms with E-state index in [-0.39, 0.29) is 17.4 Å². The SMILES string of the molecule is CCCCSc1nnc2c(n1)O[C@H](c1ccccc1F)N(C(C)=O)c1ccc(Cl)cc1-2. The smallest absolute Gasteiger partial charge is 0.247 e. The molecule has 1 aromatic heterocycles. The average Bonchev–Trinajstić information content (AvgIpc) is 2.88. The van der Waals surface area contributed by atoms with Gasteiger partial charge in [0, 0.05) is 28.8 Å². The van der Waals surface area contributed by atoms with Gasteiger partial charge in [0.1, 0.15) is 5.82 Å². The number of hydrogen-bond acceptors (Lipinski definition) is 6. The number of hydrogen-bond donors (Lipinski definition) is 0. The van der Waals surface area contributed by atoms with E-state index in [0.29, 0.717) is 27.1 Å². The van der Waals surface area contributed by atoms with Gasteiger partial charge in [-0.1, -0.05) is 54.9 Å². The van der Waals surface area contributed by atoms with Crippen molar-refractivity contribution in [2.75, 3.05) is 10.7 Å². The van der Waals surface area contributed by atoms with Crippen LogP contribution in [0.5, 0.6) is 5.88 Å². The fourth-order valence-electron chi connectivity index (χ4n) is 3.32. The van der Waals surface area contributed by atoms with Crippen molar-refractivity contribution in [3.05, 3.63) is 58.9 Å². The van der Waals surface area contributed by atoms with E-state index < -0.39 is 12.0 Å². The molecule has 1 aliphatic heterocycles. The maximum absolute atomic E-state index is 14.8. The van der Waals surface area contributed by atoms with E-state index in [1.54, 1.807) is 36.4 Å². The first-order valence-corrected chi connectivity index (χ1v) is 11.2. The number of thioether (sulfide) groups is 1. The molecule has 160 valence electrons. The van der Waals surface area contributed by atoms with Gasteiger partial charge >= 0.3 is 0 Å². The van der Waals surface area contributed by atoms with E-state index in [1.807, 2.05) is 0 Å². The van der Waals surface area contributed by atoms with Crippen LogP contribution in [0, 0.1) is 5.82 Å². The fourth-order valence-corrected chi connectivity index (χ4v) is 4.36. The highest BCUT2D eigenvalue weighted by molar-refractivity contribution is 7.99. The predicted molar refractivity (Wildman–Crippen MR) is 119 cm³/mol. The second-order valence-electron chi connectivity index (χ2n) is 6.99. The molecule has 0 fully saturated rings. The van der Waals surface area contributed by atoms with Crippen LogP contribution in [0.15, 0.2) is 47.6 Å². The topological polar surface area (TPSA) is 68.2 Å². The highest BCUT2D eigenvalue weighted by Gasteiger charge is 2.36. The summed E-state index contributed by atoms with van der Waals surface area (Å²) in [6.07, 6.45) is 1.00. The summed E-state index contributed by atoms with van der Waals surface area (Å²) in [6.45, 7) is 3.51. The molecule has 0 saturated carbocycles. The third kappa shape index (κ3) is 4.36. The minimum absolute atomic E-state index is 0.175. The van der Waals surface area contributed by atoms with Gasteiger partial charge in [0.25, 0.3) is 0 Å². The lowest BCUT2D eigenvalue weighted by molar-refractivity contribution is -0.118. The van der Waals surface area contributed by atoms with E-state index in [9.17, 15) is 9.18 Å². The van der Waals surface area contributed by atoms with Crippen LogP contribution in [0.2, 0.25) is 5.02 Å². The minimum atomic E-state index is -1.06. The molecule has 9 heteroatoms. The Hall–Kier alpha value is -2.71. The third-order valence-corrected chi connectivity index (χ3v) is 5.96. The summed E-state index contributed by atoms with van der Waals surface area (Å²) in [6, 6.07) is 11.2. The molecule has 2 aromatic carbocycles. The predicted octanol–water partition coefficient (Wildman–Crippen LogP) is 5.67. The van der Waals surface area contributed by atoms with Crippen LogP contribution < -0.4 is 9.64 Å². The summed E-state index contributed by atoms with van der Waals surface area (Å²) in [5, 5.41) is 9.47. The van der Waals surface area contributed by atoms with Crippen molar-refractivity contribution in [2.45, 2.75) is 38.1 Å². The van der Waals surface area contributed by atoms with Crippen molar-refractivity contribution >= 4 is 35.0 Å². The van der Waals surface area contributed by atoms with Gasteiger partial charge < -0.3 is 4.74 Å². The quantitative estimate of drug-likeness (QED) is 0.362. The summed E-state index contributed by atoms with van der Waals surface area (Å²) < 4.78 is 20.9. The van der Waals surface area contributed by atoms with E-state index in [2.05, 4.69) is 22.1 Å².